The van der Waals surface area contributed by atoms with Crippen molar-refractivity contribution in [2.45, 2.75) is 33.2 Å². The Bertz CT molecular complexity index is 978. The molecule has 0 aliphatic carbocycles. The molecule has 3 amide bonds. The predicted octanol–water partition coefficient (Wildman–Crippen LogP) is 2.41. The van der Waals surface area contributed by atoms with Crippen molar-refractivity contribution >= 4 is 17.9 Å². The molecule has 36 heavy (non-hydrogen) atoms. The molecule has 1 aromatic carbocycles. The fourth-order valence-electron chi connectivity index (χ4n) is 4.49. The Labute approximate surface area is 213 Å². The van der Waals surface area contributed by atoms with E-state index in [2.05, 4.69) is 10.2 Å². The molecule has 1 fully saturated rings. The Morgan fingerprint density at radius 1 is 1.06 bits per heavy atom. The molecule has 0 bridgehead atoms. The van der Waals surface area contributed by atoms with E-state index in [0.29, 0.717) is 73.4 Å². The van der Waals surface area contributed by atoms with Crippen LogP contribution >= 0.6 is 0 Å². The molecule has 10 heteroatoms. The van der Waals surface area contributed by atoms with E-state index in [9.17, 15) is 14.4 Å². The van der Waals surface area contributed by atoms with Crippen molar-refractivity contribution in [3.63, 3.8) is 0 Å². The van der Waals surface area contributed by atoms with Crippen molar-refractivity contribution in [1.82, 2.24) is 20.0 Å². The van der Waals surface area contributed by atoms with Gasteiger partial charge in [-0.05, 0) is 30.5 Å². The van der Waals surface area contributed by atoms with Crippen LogP contribution < -0.4 is 14.8 Å². The maximum Gasteiger partial charge on any atom is 0.338 e. The number of nitrogens with one attached hydrogen (secondary N) is 1. The van der Waals surface area contributed by atoms with Crippen LogP contribution in [0, 0.1) is 5.92 Å². The van der Waals surface area contributed by atoms with Gasteiger partial charge in [0.15, 0.2) is 0 Å². The van der Waals surface area contributed by atoms with Crippen molar-refractivity contribution in [3.8, 4) is 11.5 Å². The zero-order chi connectivity index (χ0) is 26.4. The highest BCUT2D eigenvalue weighted by Crippen LogP contribution is 2.35. The van der Waals surface area contributed by atoms with Gasteiger partial charge in [0, 0.05) is 58.0 Å². The number of benzene rings is 1. The minimum absolute atomic E-state index is 0.164. The third kappa shape index (κ3) is 6.29. The smallest absolute Gasteiger partial charge is 0.338 e. The van der Waals surface area contributed by atoms with E-state index < -0.39 is 12.0 Å². The highest BCUT2D eigenvalue weighted by Gasteiger charge is 2.38. The van der Waals surface area contributed by atoms with Crippen molar-refractivity contribution < 1.29 is 28.6 Å². The Morgan fingerprint density at radius 2 is 1.67 bits per heavy atom. The number of amides is 3. The van der Waals surface area contributed by atoms with Gasteiger partial charge in [0.2, 0.25) is 5.91 Å². The number of esters is 1. The third-order valence-corrected chi connectivity index (χ3v) is 6.46. The molecule has 1 saturated heterocycles. The summed E-state index contributed by atoms with van der Waals surface area (Å²) in [6.45, 7) is 8.93. The lowest BCUT2D eigenvalue weighted by Gasteiger charge is -2.39. The number of nitrogens with zero attached hydrogens (tertiary/aromatic N) is 3. The lowest BCUT2D eigenvalue weighted by atomic mass is 9.93. The Kier molecular flexibility index (Phi) is 9.19. The summed E-state index contributed by atoms with van der Waals surface area (Å²) in [5.41, 5.74) is 1.59. The van der Waals surface area contributed by atoms with Gasteiger partial charge in [-0.3, -0.25) is 14.6 Å². The molecule has 0 aromatic heterocycles. The SMILES string of the molecule is CCOC(=O)C1=C(CN2CCN(C(=O)CC(C)C)CC2)N(C)C(=O)N[C@H]1c1cc(OC)cc(OC)c1. The van der Waals surface area contributed by atoms with E-state index in [4.69, 9.17) is 14.2 Å². The van der Waals surface area contributed by atoms with Crippen LogP contribution in [0.5, 0.6) is 11.5 Å². The van der Waals surface area contributed by atoms with Crippen molar-refractivity contribution in [2.24, 2.45) is 5.92 Å². The highest BCUT2D eigenvalue weighted by molar-refractivity contribution is 5.95. The van der Waals surface area contributed by atoms with Crippen LogP contribution in [-0.4, -0.2) is 93.2 Å². The number of hydrogen-bond donors (Lipinski definition) is 1. The number of ether oxygens (including phenoxy) is 3. The van der Waals surface area contributed by atoms with Gasteiger partial charge in [0.1, 0.15) is 11.5 Å². The van der Waals surface area contributed by atoms with Crippen LogP contribution in [-0.2, 0) is 14.3 Å². The molecule has 0 radical (unpaired) electrons. The summed E-state index contributed by atoms with van der Waals surface area (Å²) >= 11 is 0. The minimum atomic E-state index is -0.736. The summed E-state index contributed by atoms with van der Waals surface area (Å²) in [5.74, 6) is 1.08. The Balaban J connectivity index is 1.93. The van der Waals surface area contributed by atoms with E-state index in [1.807, 2.05) is 18.7 Å². The van der Waals surface area contributed by atoms with Crippen LogP contribution in [0.3, 0.4) is 0 Å². The minimum Gasteiger partial charge on any atom is -0.497 e. The van der Waals surface area contributed by atoms with Crippen LogP contribution in [0.1, 0.15) is 38.8 Å². The maximum atomic E-state index is 13.2. The van der Waals surface area contributed by atoms with E-state index in [-0.39, 0.29) is 18.5 Å². The molecule has 0 saturated carbocycles. The van der Waals surface area contributed by atoms with Gasteiger partial charge in [0.25, 0.3) is 0 Å². The molecule has 1 aromatic rings. The molecule has 1 N–H and O–H groups in total. The number of piperazine rings is 1. The average molecular weight is 503 g/mol. The zero-order valence-corrected chi connectivity index (χ0v) is 22.1. The van der Waals surface area contributed by atoms with Gasteiger partial charge in [-0.2, -0.15) is 0 Å². The van der Waals surface area contributed by atoms with Crippen molar-refractivity contribution in [2.75, 3.05) is 60.6 Å². The standard InChI is InChI=1S/C26H38N4O6/c1-7-36-25(32)23-21(16-29-8-10-30(11-9-29)22(31)12-17(2)3)28(4)26(33)27-24(23)18-13-19(34-5)15-20(14-18)35-6/h13-15,17,24H,7-12,16H2,1-6H3,(H,27,33)/t24-/m0/s1. The molecule has 2 aliphatic rings. The fraction of sp³-hybridized carbons (Fsp3) is 0.577. The molecule has 2 heterocycles. The predicted molar refractivity (Wildman–Crippen MR) is 135 cm³/mol. The molecular formula is C26H38N4O6. The summed E-state index contributed by atoms with van der Waals surface area (Å²) in [7, 11) is 4.74. The summed E-state index contributed by atoms with van der Waals surface area (Å²) in [6, 6.07) is 4.22. The first-order valence-corrected chi connectivity index (χ1v) is 12.4. The molecular weight excluding hydrogens is 464 g/mol. The van der Waals surface area contributed by atoms with Gasteiger partial charge >= 0.3 is 12.0 Å². The lowest BCUT2D eigenvalue weighted by Crippen LogP contribution is -2.53. The van der Waals surface area contributed by atoms with Gasteiger partial charge in [-0.25, -0.2) is 9.59 Å². The molecule has 0 spiro atoms. The number of methoxy groups -OCH3 is 2. The van der Waals surface area contributed by atoms with Crippen molar-refractivity contribution in [1.29, 1.82) is 0 Å². The summed E-state index contributed by atoms with van der Waals surface area (Å²) in [4.78, 5) is 44.2. The van der Waals surface area contributed by atoms with Gasteiger partial charge in [0.05, 0.1) is 32.4 Å². The zero-order valence-electron chi connectivity index (χ0n) is 22.1. The Morgan fingerprint density at radius 3 is 2.19 bits per heavy atom. The number of likely N-dealkylation sites (N-methyl/N-ethyl adjacent to an activating group) is 1. The van der Waals surface area contributed by atoms with Crippen LogP contribution in [0.4, 0.5) is 4.79 Å². The maximum absolute atomic E-state index is 13.2. The number of urea groups is 1. The van der Waals surface area contributed by atoms with E-state index >= 15 is 0 Å². The topological polar surface area (TPSA) is 101 Å². The van der Waals surface area contributed by atoms with Crippen LogP contribution in [0.2, 0.25) is 0 Å². The highest BCUT2D eigenvalue weighted by atomic mass is 16.5. The molecule has 198 valence electrons. The number of hydrogen-bond acceptors (Lipinski definition) is 7. The van der Waals surface area contributed by atoms with Gasteiger partial charge in [-0.1, -0.05) is 13.8 Å². The normalized spacial score (nSPS) is 18.9. The first-order chi connectivity index (χ1) is 17.2. The quantitative estimate of drug-likeness (QED) is 0.518. The molecule has 3 rings (SSSR count). The monoisotopic (exact) mass is 502 g/mol. The number of carbonyl (C=O) groups is 3. The summed E-state index contributed by atoms with van der Waals surface area (Å²) in [6.07, 6.45) is 0.534. The van der Waals surface area contributed by atoms with E-state index in [0.717, 1.165) is 0 Å². The second-order valence-electron chi connectivity index (χ2n) is 9.42. The third-order valence-electron chi connectivity index (χ3n) is 6.46. The summed E-state index contributed by atoms with van der Waals surface area (Å²) < 4.78 is 16.2. The Hall–Kier alpha value is -3.27. The average Bonchev–Trinajstić information content (AvgIpc) is 2.86. The second-order valence-corrected chi connectivity index (χ2v) is 9.42. The van der Waals surface area contributed by atoms with Crippen LogP contribution in [0.15, 0.2) is 29.5 Å². The molecule has 0 unspecified atom stereocenters. The summed E-state index contributed by atoms with van der Waals surface area (Å²) in [5, 5.41) is 2.93. The van der Waals surface area contributed by atoms with Crippen LogP contribution in [0.25, 0.3) is 0 Å². The van der Waals surface area contributed by atoms with Gasteiger partial charge in [-0.15, -0.1) is 0 Å². The molecule has 10 nitrogen and oxygen atoms in total. The van der Waals surface area contributed by atoms with Crippen molar-refractivity contribution in [3.05, 3.63) is 35.0 Å². The lowest BCUT2D eigenvalue weighted by molar-refractivity contribution is -0.139. The first-order valence-electron chi connectivity index (χ1n) is 12.4. The number of carbonyl (C=O) groups excluding carboxylic acids is 3. The number of rotatable bonds is 9. The van der Waals surface area contributed by atoms with Gasteiger partial charge < -0.3 is 24.4 Å². The fourth-order valence-corrected chi connectivity index (χ4v) is 4.49. The van der Waals surface area contributed by atoms with E-state index in [1.165, 1.54) is 4.90 Å². The molecule has 1 atom stereocenters. The molecule has 2 aliphatic heterocycles. The van der Waals surface area contributed by atoms with E-state index in [1.54, 1.807) is 46.4 Å². The second kappa shape index (κ2) is 12.1. The largest absolute Gasteiger partial charge is 0.497 e. The first kappa shape index (κ1) is 27.3.